The number of halogens is 1. The van der Waals surface area contributed by atoms with Crippen LogP contribution in [0, 0.1) is 5.41 Å². The molecule has 2 aromatic carbocycles. The Morgan fingerprint density at radius 1 is 1.12 bits per heavy atom. The first-order chi connectivity index (χ1) is 16.0. The fourth-order valence-electron chi connectivity index (χ4n) is 3.32. The monoisotopic (exact) mass is 486 g/mol. The molecule has 3 aromatic rings. The van der Waals surface area contributed by atoms with Gasteiger partial charge in [0.15, 0.2) is 0 Å². The van der Waals surface area contributed by atoms with E-state index in [9.17, 15) is 9.59 Å². The second kappa shape index (κ2) is 10.3. The summed E-state index contributed by atoms with van der Waals surface area (Å²) in [6, 6.07) is 8.97. The topological polar surface area (TPSA) is 94.5 Å². The highest BCUT2D eigenvalue weighted by Gasteiger charge is 2.21. The van der Waals surface area contributed by atoms with E-state index in [4.69, 9.17) is 21.1 Å². The molecular weight excluding hydrogens is 456 g/mol. The van der Waals surface area contributed by atoms with Crippen molar-refractivity contribution in [2.75, 3.05) is 18.5 Å². The first kappa shape index (κ1) is 25.4. The van der Waals surface area contributed by atoms with Crippen molar-refractivity contribution < 1.29 is 19.1 Å². The molecule has 3 rings (SSSR count). The average molecular weight is 487 g/mol. The summed E-state index contributed by atoms with van der Waals surface area (Å²) in [5.41, 5.74) is 2.80. The van der Waals surface area contributed by atoms with Crippen molar-refractivity contribution in [3.8, 4) is 5.75 Å². The smallest absolute Gasteiger partial charge is 0.341 e. The molecule has 0 saturated heterocycles. The SMILES string of the molecule is CCOC(=O)c1cc2nc(Nc3cc(CNC(=O)C(C)(C)C)ccc3Cl)n(C)c2cc1OCC. The Hall–Kier alpha value is -3.26. The van der Waals surface area contributed by atoms with Gasteiger partial charge in [0.05, 0.1) is 35.0 Å². The minimum atomic E-state index is -0.469. The number of carbonyl (C=O) groups excluding carboxylic acids is 2. The average Bonchev–Trinajstić information content (AvgIpc) is 3.07. The molecule has 182 valence electrons. The van der Waals surface area contributed by atoms with Gasteiger partial charge in [-0.25, -0.2) is 9.78 Å². The molecule has 0 aliphatic carbocycles. The standard InChI is InChI=1S/C25H31ClN4O4/c1-7-33-21-13-20-19(12-16(21)22(31)34-8-2)29-24(30(20)6)28-18-11-15(9-10-17(18)26)14-27-23(32)25(3,4)5/h9-13H,7-8,14H2,1-6H3,(H,27,32)(H,28,29). The Kier molecular flexibility index (Phi) is 7.71. The van der Waals surface area contributed by atoms with E-state index in [0.717, 1.165) is 11.1 Å². The lowest BCUT2D eigenvalue weighted by atomic mass is 9.95. The van der Waals surface area contributed by atoms with Crippen molar-refractivity contribution in [1.29, 1.82) is 0 Å². The Morgan fingerprint density at radius 3 is 2.50 bits per heavy atom. The fourth-order valence-corrected chi connectivity index (χ4v) is 3.49. The minimum absolute atomic E-state index is 0.0326. The number of nitrogens with zero attached hydrogens (tertiary/aromatic N) is 2. The van der Waals surface area contributed by atoms with Gasteiger partial charge >= 0.3 is 5.97 Å². The lowest BCUT2D eigenvalue weighted by molar-refractivity contribution is -0.128. The zero-order chi connectivity index (χ0) is 25.0. The number of imidazole rings is 1. The lowest BCUT2D eigenvalue weighted by Crippen LogP contribution is -2.34. The summed E-state index contributed by atoms with van der Waals surface area (Å²) in [5.74, 6) is 0.490. The molecule has 1 aromatic heterocycles. The van der Waals surface area contributed by atoms with Gasteiger partial charge in [0, 0.05) is 25.1 Å². The molecule has 0 saturated carbocycles. The van der Waals surface area contributed by atoms with Crippen LogP contribution in [-0.2, 0) is 23.1 Å². The van der Waals surface area contributed by atoms with Gasteiger partial charge in [0.2, 0.25) is 11.9 Å². The van der Waals surface area contributed by atoms with E-state index in [1.807, 2.05) is 51.4 Å². The number of aromatic nitrogens is 2. The second-order valence-corrected chi connectivity index (χ2v) is 9.26. The van der Waals surface area contributed by atoms with Crippen LogP contribution in [0.2, 0.25) is 5.02 Å². The Morgan fingerprint density at radius 2 is 1.85 bits per heavy atom. The first-order valence-corrected chi connectivity index (χ1v) is 11.6. The molecule has 0 aliphatic rings. The van der Waals surface area contributed by atoms with Gasteiger partial charge in [-0.1, -0.05) is 38.4 Å². The van der Waals surface area contributed by atoms with Gasteiger partial charge in [-0.15, -0.1) is 0 Å². The van der Waals surface area contributed by atoms with Gasteiger partial charge < -0.3 is 24.7 Å². The molecule has 0 fully saturated rings. The number of esters is 1. The number of hydrogen-bond acceptors (Lipinski definition) is 6. The van der Waals surface area contributed by atoms with Crippen molar-refractivity contribution in [3.05, 3.63) is 46.5 Å². The van der Waals surface area contributed by atoms with Crippen molar-refractivity contribution in [2.45, 2.75) is 41.2 Å². The largest absolute Gasteiger partial charge is 0.493 e. The third-order valence-corrected chi connectivity index (χ3v) is 5.52. The lowest BCUT2D eigenvalue weighted by Gasteiger charge is -2.18. The van der Waals surface area contributed by atoms with E-state index in [2.05, 4.69) is 15.6 Å². The van der Waals surface area contributed by atoms with E-state index in [1.165, 1.54) is 0 Å². The van der Waals surface area contributed by atoms with E-state index in [0.29, 0.717) is 46.6 Å². The van der Waals surface area contributed by atoms with Crippen LogP contribution >= 0.6 is 11.6 Å². The molecule has 2 N–H and O–H groups in total. The third-order valence-electron chi connectivity index (χ3n) is 5.19. The molecule has 34 heavy (non-hydrogen) atoms. The van der Waals surface area contributed by atoms with Gasteiger partial charge in [0.1, 0.15) is 11.3 Å². The number of hydrogen-bond donors (Lipinski definition) is 2. The van der Waals surface area contributed by atoms with E-state index in [-0.39, 0.29) is 12.5 Å². The van der Waals surface area contributed by atoms with Gasteiger partial charge in [0.25, 0.3) is 0 Å². The number of aryl methyl sites for hydroxylation is 1. The van der Waals surface area contributed by atoms with Crippen LogP contribution < -0.4 is 15.4 Å². The summed E-state index contributed by atoms with van der Waals surface area (Å²) < 4.78 is 12.7. The highest BCUT2D eigenvalue weighted by Crippen LogP contribution is 2.31. The number of rotatable bonds is 8. The van der Waals surface area contributed by atoms with E-state index >= 15 is 0 Å². The van der Waals surface area contributed by atoms with E-state index < -0.39 is 11.4 Å². The van der Waals surface area contributed by atoms with Crippen LogP contribution in [0.4, 0.5) is 11.6 Å². The normalized spacial score (nSPS) is 11.4. The molecule has 1 heterocycles. The molecule has 0 radical (unpaired) electrons. The fraction of sp³-hybridized carbons (Fsp3) is 0.400. The van der Waals surface area contributed by atoms with E-state index in [1.54, 1.807) is 25.1 Å². The zero-order valence-electron chi connectivity index (χ0n) is 20.4. The summed E-state index contributed by atoms with van der Waals surface area (Å²) in [5, 5.41) is 6.72. The van der Waals surface area contributed by atoms with Crippen LogP contribution in [0.1, 0.15) is 50.5 Å². The quantitative estimate of drug-likeness (QED) is 0.424. The molecule has 0 aliphatic heterocycles. The maximum Gasteiger partial charge on any atom is 0.341 e. The summed E-state index contributed by atoms with van der Waals surface area (Å²) in [4.78, 5) is 29.3. The van der Waals surface area contributed by atoms with Gasteiger partial charge in [-0.3, -0.25) is 4.79 Å². The summed E-state index contributed by atoms with van der Waals surface area (Å²) in [6.45, 7) is 10.3. The highest BCUT2D eigenvalue weighted by molar-refractivity contribution is 6.33. The summed E-state index contributed by atoms with van der Waals surface area (Å²) >= 11 is 6.43. The van der Waals surface area contributed by atoms with Gasteiger partial charge in [-0.05, 0) is 37.6 Å². The van der Waals surface area contributed by atoms with Crippen LogP contribution in [0.3, 0.4) is 0 Å². The maximum atomic E-state index is 12.4. The minimum Gasteiger partial charge on any atom is -0.493 e. The van der Waals surface area contributed by atoms with Crippen molar-refractivity contribution in [1.82, 2.24) is 14.9 Å². The number of fused-ring (bicyclic) bond motifs is 1. The predicted octanol–water partition coefficient (Wildman–Crippen LogP) is 5.21. The maximum absolute atomic E-state index is 12.4. The van der Waals surface area contributed by atoms with Crippen LogP contribution in [0.5, 0.6) is 5.75 Å². The molecule has 0 unspecified atom stereocenters. The molecular formula is C25H31ClN4O4. The summed E-state index contributed by atoms with van der Waals surface area (Å²) in [7, 11) is 1.86. The molecule has 1 amide bonds. The number of carbonyl (C=O) groups is 2. The Bertz CT molecular complexity index is 1210. The molecule has 0 bridgehead atoms. The van der Waals surface area contributed by atoms with Crippen molar-refractivity contribution in [3.63, 3.8) is 0 Å². The Labute approximate surface area is 204 Å². The van der Waals surface area contributed by atoms with Crippen molar-refractivity contribution in [2.24, 2.45) is 12.5 Å². The first-order valence-electron chi connectivity index (χ1n) is 11.2. The van der Waals surface area contributed by atoms with Crippen molar-refractivity contribution >= 4 is 46.1 Å². The number of benzene rings is 2. The molecule has 8 nitrogen and oxygen atoms in total. The third kappa shape index (κ3) is 5.62. The number of ether oxygens (including phenoxy) is 2. The molecule has 0 atom stereocenters. The Balaban J connectivity index is 1.92. The number of amides is 1. The predicted molar refractivity (Wildman–Crippen MR) is 134 cm³/mol. The summed E-state index contributed by atoms with van der Waals surface area (Å²) in [6.07, 6.45) is 0. The van der Waals surface area contributed by atoms with Crippen LogP contribution in [0.25, 0.3) is 11.0 Å². The number of nitrogens with one attached hydrogen (secondary N) is 2. The number of anilines is 2. The van der Waals surface area contributed by atoms with Gasteiger partial charge in [-0.2, -0.15) is 0 Å². The zero-order valence-corrected chi connectivity index (χ0v) is 21.2. The van der Waals surface area contributed by atoms with Crippen LogP contribution in [0.15, 0.2) is 30.3 Å². The highest BCUT2D eigenvalue weighted by atomic mass is 35.5. The van der Waals surface area contributed by atoms with Crippen LogP contribution in [-0.4, -0.2) is 34.6 Å². The molecule has 9 heteroatoms. The second-order valence-electron chi connectivity index (χ2n) is 8.86. The molecule has 0 spiro atoms.